The van der Waals surface area contributed by atoms with Crippen molar-refractivity contribution in [2.75, 3.05) is 11.9 Å². The number of ether oxygens (including phenoxy) is 1. The molecule has 7 nitrogen and oxygen atoms in total. The molecule has 28 heavy (non-hydrogen) atoms. The van der Waals surface area contributed by atoms with Crippen LogP contribution in [0.5, 0.6) is 0 Å². The van der Waals surface area contributed by atoms with Crippen LogP contribution in [0, 0.1) is 11.6 Å². The highest BCUT2D eigenvalue weighted by Crippen LogP contribution is 2.25. The van der Waals surface area contributed by atoms with Crippen LogP contribution in [0.2, 0.25) is 5.02 Å². The van der Waals surface area contributed by atoms with Gasteiger partial charge in [-0.15, -0.1) is 0 Å². The van der Waals surface area contributed by atoms with Crippen molar-refractivity contribution in [3.63, 3.8) is 0 Å². The van der Waals surface area contributed by atoms with Gasteiger partial charge in [0.15, 0.2) is 18.2 Å². The van der Waals surface area contributed by atoms with E-state index in [9.17, 15) is 23.2 Å². The van der Waals surface area contributed by atoms with Gasteiger partial charge >= 0.3 is 12.0 Å². The average molecular weight is 412 g/mol. The van der Waals surface area contributed by atoms with Crippen molar-refractivity contribution in [2.24, 2.45) is 5.73 Å². The summed E-state index contributed by atoms with van der Waals surface area (Å²) < 4.78 is 30.8. The Hall–Kier alpha value is -3.20. The molecule has 0 heterocycles. The van der Waals surface area contributed by atoms with Crippen LogP contribution < -0.4 is 16.4 Å². The van der Waals surface area contributed by atoms with E-state index in [4.69, 9.17) is 22.1 Å². The molecule has 0 saturated heterocycles. The maximum atomic E-state index is 13.1. The lowest BCUT2D eigenvalue weighted by Gasteiger charge is -2.18. The van der Waals surface area contributed by atoms with Crippen LogP contribution in [-0.4, -0.2) is 24.5 Å². The highest BCUT2D eigenvalue weighted by atomic mass is 35.5. The fourth-order valence-electron chi connectivity index (χ4n) is 2.31. The van der Waals surface area contributed by atoms with Crippen LogP contribution >= 0.6 is 11.6 Å². The Labute approximate surface area is 163 Å². The minimum absolute atomic E-state index is 0.00397. The Kier molecular flexibility index (Phi) is 7.28. The normalized spacial score (nSPS) is 11.4. The Balaban J connectivity index is 1.93. The van der Waals surface area contributed by atoms with Gasteiger partial charge in [-0.2, -0.15) is 0 Å². The molecule has 0 aliphatic carbocycles. The zero-order chi connectivity index (χ0) is 20.7. The second kappa shape index (κ2) is 9.65. The van der Waals surface area contributed by atoms with Crippen LogP contribution in [0.4, 0.5) is 19.3 Å². The predicted molar refractivity (Wildman–Crippen MR) is 97.5 cm³/mol. The van der Waals surface area contributed by atoms with Crippen LogP contribution in [0.3, 0.4) is 0 Å². The quantitative estimate of drug-likeness (QED) is 0.608. The molecular formula is C18H16ClF2N3O4. The van der Waals surface area contributed by atoms with Crippen LogP contribution in [0.25, 0.3) is 0 Å². The second-order valence-corrected chi connectivity index (χ2v) is 6.03. The maximum absolute atomic E-state index is 13.1. The molecule has 148 valence electrons. The number of amides is 3. The van der Waals surface area contributed by atoms with E-state index in [0.717, 1.165) is 18.2 Å². The fraction of sp³-hybridized carbons (Fsp3) is 0.167. The number of anilines is 1. The lowest BCUT2D eigenvalue weighted by atomic mass is 10.0. The number of esters is 1. The number of carbonyl (C=O) groups excluding carboxylic acids is 3. The summed E-state index contributed by atoms with van der Waals surface area (Å²) in [5.74, 6) is -3.75. The molecule has 0 bridgehead atoms. The Morgan fingerprint density at radius 2 is 1.82 bits per heavy atom. The number of nitrogens with one attached hydrogen (secondary N) is 2. The van der Waals surface area contributed by atoms with E-state index in [2.05, 4.69) is 10.6 Å². The number of nitrogens with two attached hydrogens (primary N) is 1. The lowest BCUT2D eigenvalue weighted by molar-refractivity contribution is -0.147. The molecule has 0 aromatic heterocycles. The summed E-state index contributed by atoms with van der Waals surface area (Å²) in [6, 6.07) is 7.59. The lowest BCUT2D eigenvalue weighted by Crippen LogP contribution is -2.35. The molecule has 3 amide bonds. The standard InChI is InChI=1S/C18H16ClF2N3O4/c19-12-4-2-1-3-11(12)15(24-18(22)27)8-17(26)28-9-16(25)23-10-5-6-13(20)14(21)7-10/h1-7,15H,8-9H2,(H,23,25)(H3,22,24,27)/t15-/m1/s1. The highest BCUT2D eigenvalue weighted by Gasteiger charge is 2.21. The zero-order valence-electron chi connectivity index (χ0n) is 14.4. The third-order valence-corrected chi connectivity index (χ3v) is 3.88. The summed E-state index contributed by atoms with van der Waals surface area (Å²) in [6.07, 6.45) is -0.328. The number of hydrogen-bond acceptors (Lipinski definition) is 4. The number of halogens is 3. The minimum Gasteiger partial charge on any atom is -0.455 e. The molecule has 0 fully saturated rings. The number of primary amides is 1. The smallest absolute Gasteiger partial charge is 0.312 e. The molecule has 0 aliphatic rings. The summed E-state index contributed by atoms with van der Waals surface area (Å²) in [6.45, 7) is -0.663. The fourth-order valence-corrected chi connectivity index (χ4v) is 2.58. The molecule has 2 aromatic rings. The van der Waals surface area contributed by atoms with Gasteiger partial charge in [-0.3, -0.25) is 9.59 Å². The van der Waals surface area contributed by atoms with Gasteiger partial charge in [0, 0.05) is 16.8 Å². The average Bonchev–Trinajstić information content (AvgIpc) is 2.62. The third-order valence-electron chi connectivity index (χ3n) is 3.54. The largest absolute Gasteiger partial charge is 0.455 e. The molecule has 2 aromatic carbocycles. The summed E-state index contributed by atoms with van der Waals surface area (Å²) in [7, 11) is 0. The summed E-state index contributed by atoms with van der Waals surface area (Å²) in [4.78, 5) is 35.0. The van der Waals surface area contributed by atoms with E-state index in [1.54, 1.807) is 24.3 Å². The molecular weight excluding hydrogens is 396 g/mol. The Bertz CT molecular complexity index is 895. The van der Waals surface area contributed by atoms with Gasteiger partial charge in [0.2, 0.25) is 0 Å². The van der Waals surface area contributed by atoms with Gasteiger partial charge in [0.1, 0.15) is 0 Å². The van der Waals surface area contributed by atoms with Crippen molar-refractivity contribution in [3.05, 3.63) is 64.7 Å². The number of urea groups is 1. The molecule has 1 atom stereocenters. The number of benzene rings is 2. The van der Waals surface area contributed by atoms with Gasteiger partial charge in [0.25, 0.3) is 5.91 Å². The maximum Gasteiger partial charge on any atom is 0.312 e. The SMILES string of the molecule is NC(=O)N[C@H](CC(=O)OCC(=O)Nc1ccc(F)c(F)c1)c1ccccc1Cl. The summed E-state index contributed by atoms with van der Waals surface area (Å²) in [5, 5.41) is 4.95. The van der Waals surface area contributed by atoms with Gasteiger partial charge in [-0.25, -0.2) is 13.6 Å². The van der Waals surface area contributed by atoms with Crippen LogP contribution in [-0.2, 0) is 14.3 Å². The van der Waals surface area contributed by atoms with Crippen molar-refractivity contribution < 1.29 is 27.9 Å². The van der Waals surface area contributed by atoms with Crippen molar-refractivity contribution in [1.82, 2.24) is 5.32 Å². The van der Waals surface area contributed by atoms with Crippen molar-refractivity contribution in [1.29, 1.82) is 0 Å². The molecule has 4 N–H and O–H groups in total. The van der Waals surface area contributed by atoms with Gasteiger partial charge in [-0.1, -0.05) is 29.8 Å². The first-order valence-corrected chi connectivity index (χ1v) is 8.35. The second-order valence-electron chi connectivity index (χ2n) is 5.62. The molecule has 0 spiro atoms. The number of rotatable bonds is 7. The van der Waals surface area contributed by atoms with Crippen molar-refractivity contribution in [2.45, 2.75) is 12.5 Å². The van der Waals surface area contributed by atoms with Gasteiger partial charge < -0.3 is 21.1 Å². The molecule has 0 radical (unpaired) electrons. The number of hydrogen-bond donors (Lipinski definition) is 3. The predicted octanol–water partition coefficient (Wildman–Crippen LogP) is 2.90. The van der Waals surface area contributed by atoms with E-state index < -0.39 is 42.2 Å². The number of carbonyl (C=O) groups is 3. The van der Waals surface area contributed by atoms with E-state index in [-0.39, 0.29) is 12.1 Å². The van der Waals surface area contributed by atoms with Crippen LogP contribution in [0.15, 0.2) is 42.5 Å². The Morgan fingerprint density at radius 3 is 2.46 bits per heavy atom. The van der Waals surface area contributed by atoms with Crippen molar-refractivity contribution >= 4 is 35.2 Å². The third kappa shape index (κ3) is 6.20. The first kappa shape index (κ1) is 21.1. The van der Waals surface area contributed by atoms with E-state index in [1.165, 1.54) is 0 Å². The summed E-state index contributed by atoms with van der Waals surface area (Å²) in [5.41, 5.74) is 5.57. The zero-order valence-corrected chi connectivity index (χ0v) is 15.1. The van der Waals surface area contributed by atoms with Crippen LogP contribution in [0.1, 0.15) is 18.0 Å². The summed E-state index contributed by atoms with van der Waals surface area (Å²) >= 11 is 6.06. The van der Waals surface area contributed by atoms with E-state index >= 15 is 0 Å². The van der Waals surface area contributed by atoms with Gasteiger partial charge in [-0.05, 0) is 23.8 Å². The first-order valence-electron chi connectivity index (χ1n) is 7.97. The molecule has 0 aliphatic heterocycles. The minimum atomic E-state index is -1.13. The molecule has 2 rings (SSSR count). The van der Waals surface area contributed by atoms with E-state index in [0.29, 0.717) is 10.6 Å². The monoisotopic (exact) mass is 411 g/mol. The van der Waals surface area contributed by atoms with E-state index in [1.807, 2.05) is 0 Å². The van der Waals surface area contributed by atoms with Gasteiger partial charge in [0.05, 0.1) is 12.5 Å². The molecule has 0 saturated carbocycles. The topological polar surface area (TPSA) is 111 Å². The molecule has 0 unspecified atom stereocenters. The Morgan fingerprint density at radius 1 is 1.11 bits per heavy atom. The highest BCUT2D eigenvalue weighted by molar-refractivity contribution is 6.31. The molecule has 10 heteroatoms. The van der Waals surface area contributed by atoms with Crippen molar-refractivity contribution in [3.8, 4) is 0 Å². The first-order chi connectivity index (χ1) is 13.3.